The number of rotatable bonds is 3. The van der Waals surface area contributed by atoms with Crippen molar-refractivity contribution >= 4 is 5.82 Å². The third-order valence-corrected chi connectivity index (χ3v) is 3.74. The van der Waals surface area contributed by atoms with Crippen molar-refractivity contribution in [2.75, 3.05) is 25.5 Å². The van der Waals surface area contributed by atoms with Gasteiger partial charge in [-0.05, 0) is 50.0 Å². The smallest absolute Gasteiger partial charge is 0.128 e. The van der Waals surface area contributed by atoms with E-state index in [1.54, 1.807) is 0 Å². The summed E-state index contributed by atoms with van der Waals surface area (Å²) in [6.07, 6.45) is 5.99. The summed E-state index contributed by atoms with van der Waals surface area (Å²) < 4.78 is 0. The monoisotopic (exact) mass is 233 g/mol. The van der Waals surface area contributed by atoms with Gasteiger partial charge in [-0.3, -0.25) is 4.90 Å². The Morgan fingerprint density at radius 3 is 2.94 bits per heavy atom. The highest BCUT2D eigenvalue weighted by molar-refractivity contribution is 5.44. The van der Waals surface area contributed by atoms with Crippen LogP contribution < -0.4 is 5.32 Å². The van der Waals surface area contributed by atoms with E-state index in [4.69, 9.17) is 0 Å². The van der Waals surface area contributed by atoms with Crippen molar-refractivity contribution in [3.05, 3.63) is 23.4 Å². The Morgan fingerprint density at radius 1 is 1.47 bits per heavy atom. The molecule has 1 atom stereocenters. The fraction of sp³-hybridized carbons (Fsp3) is 0.643. The van der Waals surface area contributed by atoms with Crippen LogP contribution >= 0.6 is 0 Å². The largest absolute Gasteiger partial charge is 0.373 e. The average Bonchev–Trinajstić information content (AvgIpc) is 2.38. The van der Waals surface area contributed by atoms with Gasteiger partial charge in [-0.2, -0.15) is 0 Å². The van der Waals surface area contributed by atoms with Crippen molar-refractivity contribution in [3.8, 4) is 0 Å². The van der Waals surface area contributed by atoms with Crippen molar-refractivity contribution in [2.45, 2.75) is 39.2 Å². The summed E-state index contributed by atoms with van der Waals surface area (Å²) in [6, 6.07) is 2.86. The van der Waals surface area contributed by atoms with Crippen LogP contribution in [-0.2, 0) is 0 Å². The number of nitrogens with zero attached hydrogens (tertiary/aromatic N) is 2. The van der Waals surface area contributed by atoms with E-state index >= 15 is 0 Å². The van der Waals surface area contributed by atoms with Crippen molar-refractivity contribution in [2.24, 2.45) is 0 Å². The van der Waals surface area contributed by atoms with Crippen LogP contribution in [0.2, 0.25) is 0 Å². The maximum absolute atomic E-state index is 4.50. The molecule has 0 aliphatic carbocycles. The van der Waals surface area contributed by atoms with Crippen molar-refractivity contribution in [1.82, 2.24) is 9.88 Å². The maximum atomic E-state index is 4.50. The Labute approximate surface area is 104 Å². The second kappa shape index (κ2) is 5.50. The Morgan fingerprint density at radius 2 is 2.29 bits per heavy atom. The van der Waals surface area contributed by atoms with E-state index in [0.29, 0.717) is 6.04 Å². The molecule has 2 rings (SSSR count). The standard InChI is InChI=1S/C14H23N3/c1-4-17-8-6-5-7-13(17)12-9-11(2)14(15-3)16-10-12/h9-10,13H,4-8H2,1-3H3,(H,15,16)/t13-/m0/s1. The van der Waals surface area contributed by atoms with E-state index in [9.17, 15) is 0 Å². The molecule has 0 amide bonds. The van der Waals surface area contributed by atoms with Crippen LogP contribution in [0.15, 0.2) is 12.3 Å². The van der Waals surface area contributed by atoms with E-state index in [1.807, 2.05) is 13.2 Å². The number of aryl methyl sites for hydroxylation is 1. The molecule has 1 N–H and O–H groups in total. The van der Waals surface area contributed by atoms with Gasteiger partial charge in [0.1, 0.15) is 5.82 Å². The first-order chi connectivity index (χ1) is 8.26. The fourth-order valence-electron chi connectivity index (χ4n) is 2.79. The minimum absolute atomic E-state index is 0.575. The van der Waals surface area contributed by atoms with Crippen molar-refractivity contribution in [3.63, 3.8) is 0 Å². The average molecular weight is 233 g/mol. The van der Waals surface area contributed by atoms with Gasteiger partial charge >= 0.3 is 0 Å². The zero-order valence-corrected chi connectivity index (χ0v) is 11.2. The number of likely N-dealkylation sites (tertiary alicyclic amines) is 1. The highest BCUT2D eigenvalue weighted by atomic mass is 15.2. The van der Waals surface area contributed by atoms with E-state index in [1.165, 1.54) is 36.9 Å². The van der Waals surface area contributed by atoms with Crippen LogP contribution in [-0.4, -0.2) is 30.0 Å². The topological polar surface area (TPSA) is 28.2 Å². The molecular formula is C14H23N3. The number of anilines is 1. The summed E-state index contributed by atoms with van der Waals surface area (Å²) in [5.41, 5.74) is 2.62. The Kier molecular flexibility index (Phi) is 4.00. The van der Waals surface area contributed by atoms with Crippen LogP contribution in [0.3, 0.4) is 0 Å². The predicted octanol–water partition coefficient (Wildman–Crippen LogP) is 2.98. The molecular weight excluding hydrogens is 210 g/mol. The normalized spacial score (nSPS) is 21.5. The summed E-state index contributed by atoms with van der Waals surface area (Å²) in [4.78, 5) is 7.07. The fourth-order valence-corrected chi connectivity index (χ4v) is 2.79. The molecule has 1 fully saturated rings. The molecule has 1 aromatic heterocycles. The first-order valence-electron chi connectivity index (χ1n) is 6.64. The lowest BCUT2D eigenvalue weighted by atomic mass is 9.95. The first kappa shape index (κ1) is 12.4. The molecule has 2 heterocycles. The van der Waals surface area contributed by atoms with Crippen LogP contribution in [0, 0.1) is 6.92 Å². The Hall–Kier alpha value is -1.09. The summed E-state index contributed by atoms with van der Waals surface area (Å²) in [6.45, 7) is 6.74. The predicted molar refractivity (Wildman–Crippen MR) is 72.4 cm³/mol. The van der Waals surface area contributed by atoms with Gasteiger partial charge in [0.25, 0.3) is 0 Å². The minimum atomic E-state index is 0.575. The molecule has 0 aromatic carbocycles. The van der Waals surface area contributed by atoms with E-state index in [-0.39, 0.29) is 0 Å². The van der Waals surface area contributed by atoms with Gasteiger partial charge in [0.15, 0.2) is 0 Å². The highest BCUT2D eigenvalue weighted by Gasteiger charge is 2.23. The van der Waals surface area contributed by atoms with Gasteiger partial charge < -0.3 is 5.32 Å². The second-order valence-corrected chi connectivity index (χ2v) is 4.82. The van der Waals surface area contributed by atoms with Gasteiger partial charge in [-0.1, -0.05) is 13.3 Å². The molecule has 3 heteroatoms. The third-order valence-electron chi connectivity index (χ3n) is 3.74. The SMILES string of the molecule is CCN1CCCC[C@H]1c1cnc(NC)c(C)c1. The summed E-state index contributed by atoms with van der Waals surface area (Å²) >= 11 is 0. The highest BCUT2D eigenvalue weighted by Crippen LogP contribution is 2.31. The summed E-state index contributed by atoms with van der Waals surface area (Å²) in [5.74, 6) is 0.993. The molecule has 3 nitrogen and oxygen atoms in total. The molecule has 94 valence electrons. The van der Waals surface area contributed by atoms with E-state index in [0.717, 1.165) is 12.4 Å². The number of hydrogen-bond donors (Lipinski definition) is 1. The molecule has 0 saturated carbocycles. The van der Waals surface area contributed by atoms with Gasteiger partial charge in [-0.15, -0.1) is 0 Å². The Balaban J connectivity index is 2.23. The second-order valence-electron chi connectivity index (χ2n) is 4.82. The van der Waals surface area contributed by atoms with E-state index < -0.39 is 0 Å². The first-order valence-corrected chi connectivity index (χ1v) is 6.64. The number of aromatic nitrogens is 1. The van der Waals surface area contributed by atoms with Gasteiger partial charge in [0.2, 0.25) is 0 Å². The molecule has 0 spiro atoms. The molecule has 17 heavy (non-hydrogen) atoms. The van der Waals surface area contributed by atoms with Crippen LogP contribution in [0.5, 0.6) is 0 Å². The van der Waals surface area contributed by atoms with Gasteiger partial charge in [0.05, 0.1) is 0 Å². The zero-order valence-electron chi connectivity index (χ0n) is 11.2. The minimum Gasteiger partial charge on any atom is -0.373 e. The van der Waals surface area contributed by atoms with Crippen molar-refractivity contribution in [1.29, 1.82) is 0 Å². The third kappa shape index (κ3) is 2.60. The van der Waals surface area contributed by atoms with Gasteiger partial charge in [-0.25, -0.2) is 4.98 Å². The Bertz CT molecular complexity index is 376. The van der Waals surface area contributed by atoms with E-state index in [2.05, 4.69) is 35.1 Å². The van der Waals surface area contributed by atoms with Gasteiger partial charge in [0, 0.05) is 19.3 Å². The number of nitrogens with one attached hydrogen (secondary N) is 1. The number of hydrogen-bond acceptors (Lipinski definition) is 3. The molecule has 0 unspecified atom stereocenters. The molecule has 1 aliphatic rings. The number of piperidine rings is 1. The lowest BCUT2D eigenvalue weighted by Gasteiger charge is -2.35. The zero-order chi connectivity index (χ0) is 12.3. The van der Waals surface area contributed by atoms with Crippen molar-refractivity contribution < 1.29 is 0 Å². The molecule has 1 aromatic rings. The number of pyridine rings is 1. The summed E-state index contributed by atoms with van der Waals surface area (Å²) in [5, 5.41) is 3.13. The summed E-state index contributed by atoms with van der Waals surface area (Å²) in [7, 11) is 1.92. The molecule has 1 aliphatic heterocycles. The lowest BCUT2D eigenvalue weighted by molar-refractivity contribution is 0.157. The van der Waals surface area contributed by atoms with Crippen LogP contribution in [0.4, 0.5) is 5.82 Å². The lowest BCUT2D eigenvalue weighted by Crippen LogP contribution is -2.33. The van der Waals surface area contributed by atoms with Crippen LogP contribution in [0.25, 0.3) is 0 Å². The maximum Gasteiger partial charge on any atom is 0.128 e. The quantitative estimate of drug-likeness (QED) is 0.870. The molecule has 1 saturated heterocycles. The van der Waals surface area contributed by atoms with Crippen LogP contribution in [0.1, 0.15) is 43.4 Å². The molecule has 0 bridgehead atoms. The molecule has 0 radical (unpaired) electrons.